The molecule has 0 atom stereocenters. The maximum atomic E-state index is 12.6. The van der Waals surface area contributed by atoms with Gasteiger partial charge < -0.3 is 19.9 Å². The topological polar surface area (TPSA) is 152 Å². The fourth-order valence-corrected chi connectivity index (χ4v) is 2.80. The van der Waals surface area contributed by atoms with Gasteiger partial charge in [-0.15, -0.1) is 0 Å². The number of nitrogens with one attached hydrogen (secondary N) is 1. The van der Waals surface area contributed by atoms with Gasteiger partial charge in [0.1, 0.15) is 0 Å². The third-order valence-electron chi connectivity index (χ3n) is 4.28. The van der Waals surface area contributed by atoms with Crippen molar-refractivity contribution in [2.75, 3.05) is 7.11 Å². The smallest absolute Gasteiger partial charge is 0.418 e. The molecule has 2 aromatic heterocycles. The number of carboxylic acid groups (broad SMARTS) is 2. The number of ether oxygens (including phenoxy) is 1. The van der Waals surface area contributed by atoms with E-state index in [-0.39, 0.29) is 5.78 Å². The van der Waals surface area contributed by atoms with Crippen molar-refractivity contribution in [3.05, 3.63) is 65.9 Å². The second kappa shape index (κ2) is 10.5. The number of H-pyrrole nitrogens is 1. The Bertz CT molecular complexity index is 1130. The van der Waals surface area contributed by atoms with Crippen molar-refractivity contribution >= 4 is 34.7 Å². The molecule has 3 aromatic rings. The van der Waals surface area contributed by atoms with E-state index in [2.05, 4.69) is 9.97 Å². The highest BCUT2D eigenvalue weighted by Gasteiger charge is 2.18. The number of hydrogen-bond acceptors (Lipinski definition) is 6. The second-order valence-corrected chi connectivity index (χ2v) is 6.31. The van der Waals surface area contributed by atoms with E-state index in [1.807, 2.05) is 25.1 Å². The minimum atomic E-state index is -1.26. The number of nitrogens with zero attached hydrogens (tertiary/aromatic N) is 2. The number of methoxy groups -OCH3 is 1. The molecule has 0 unspecified atom stereocenters. The van der Waals surface area contributed by atoms with E-state index >= 15 is 0 Å². The van der Waals surface area contributed by atoms with Gasteiger partial charge in [-0.3, -0.25) is 9.36 Å². The van der Waals surface area contributed by atoms with Crippen LogP contribution in [0.25, 0.3) is 10.9 Å². The second-order valence-electron chi connectivity index (χ2n) is 6.31. The molecular formula is C21H21N3O7. The predicted octanol–water partition coefficient (Wildman–Crippen LogP) is 2.81. The van der Waals surface area contributed by atoms with Crippen molar-refractivity contribution in [2.45, 2.75) is 19.8 Å². The maximum Gasteiger partial charge on any atom is 0.418 e. The van der Waals surface area contributed by atoms with E-state index in [1.165, 1.54) is 11.7 Å². The number of rotatable bonds is 6. The highest BCUT2D eigenvalue weighted by atomic mass is 16.5. The van der Waals surface area contributed by atoms with Crippen molar-refractivity contribution in [2.24, 2.45) is 0 Å². The van der Waals surface area contributed by atoms with E-state index in [9.17, 15) is 19.2 Å². The first-order chi connectivity index (χ1) is 14.7. The number of aromatic nitrogens is 3. The highest BCUT2D eigenvalue weighted by molar-refractivity contribution is 6.09. The summed E-state index contributed by atoms with van der Waals surface area (Å²) in [6.07, 6.45) is 4.68. The van der Waals surface area contributed by atoms with E-state index in [0.29, 0.717) is 36.1 Å². The first-order valence-corrected chi connectivity index (χ1v) is 9.09. The van der Waals surface area contributed by atoms with Crippen LogP contribution >= 0.6 is 0 Å². The van der Waals surface area contributed by atoms with Gasteiger partial charge in [-0.1, -0.05) is 18.2 Å². The van der Waals surface area contributed by atoms with Gasteiger partial charge in [0.15, 0.2) is 5.78 Å². The molecule has 0 spiro atoms. The first kappa shape index (κ1) is 23.1. The molecule has 0 aliphatic rings. The van der Waals surface area contributed by atoms with Crippen LogP contribution in [0.15, 0.2) is 48.9 Å². The van der Waals surface area contributed by atoms with Gasteiger partial charge >= 0.3 is 18.0 Å². The number of ketones is 1. The minimum Gasteiger partial charge on any atom is -0.478 e. The number of benzene rings is 1. The average Bonchev–Trinajstić information content (AvgIpc) is 3.34. The van der Waals surface area contributed by atoms with Crippen LogP contribution in [0.1, 0.15) is 28.2 Å². The lowest BCUT2D eigenvalue weighted by Crippen LogP contribution is -2.10. The summed E-state index contributed by atoms with van der Waals surface area (Å²) < 4.78 is 6.13. The number of Topliss-reactive ketones (excluding diaryl/α,β-unsaturated/α-hetero) is 1. The summed E-state index contributed by atoms with van der Waals surface area (Å²) in [5.41, 5.74) is 3.04. The van der Waals surface area contributed by atoms with Gasteiger partial charge in [-0.2, -0.15) is 0 Å². The fourth-order valence-electron chi connectivity index (χ4n) is 2.80. The van der Waals surface area contributed by atoms with Crippen LogP contribution in [0.5, 0.6) is 0 Å². The van der Waals surface area contributed by atoms with Crippen LogP contribution in [0.3, 0.4) is 0 Å². The molecule has 1 aromatic carbocycles. The number of carbonyl (C=O) groups excluding carboxylic acids is 2. The third-order valence-corrected chi connectivity index (χ3v) is 4.28. The molecule has 0 saturated heterocycles. The fraction of sp³-hybridized carbons (Fsp3) is 0.190. The van der Waals surface area contributed by atoms with Gasteiger partial charge in [-0.05, 0) is 19.4 Å². The summed E-state index contributed by atoms with van der Waals surface area (Å²) in [5.74, 6) is -2.54. The zero-order chi connectivity index (χ0) is 23.0. The van der Waals surface area contributed by atoms with Crippen LogP contribution in [0.2, 0.25) is 0 Å². The van der Waals surface area contributed by atoms with Crippen molar-refractivity contribution in [1.29, 1.82) is 0 Å². The Morgan fingerprint density at radius 3 is 2.32 bits per heavy atom. The van der Waals surface area contributed by atoms with Crippen molar-refractivity contribution in [1.82, 2.24) is 14.5 Å². The van der Waals surface area contributed by atoms with E-state index in [4.69, 9.17) is 14.9 Å². The van der Waals surface area contributed by atoms with Crippen LogP contribution in [-0.2, 0) is 20.7 Å². The number of imidazole rings is 1. The number of carbonyl (C=O) groups is 4. The molecule has 3 N–H and O–H groups in total. The van der Waals surface area contributed by atoms with Crippen LogP contribution < -0.4 is 0 Å². The lowest BCUT2D eigenvalue weighted by molar-refractivity contribution is -0.134. The molecule has 0 saturated carbocycles. The molecule has 0 aliphatic heterocycles. The molecule has 0 aliphatic carbocycles. The molecule has 3 rings (SSSR count). The van der Waals surface area contributed by atoms with Crippen LogP contribution in [0, 0.1) is 6.92 Å². The Hall–Kier alpha value is -4.21. The third kappa shape index (κ3) is 6.13. The zero-order valence-corrected chi connectivity index (χ0v) is 16.9. The highest BCUT2D eigenvalue weighted by Crippen LogP contribution is 2.23. The van der Waals surface area contributed by atoms with E-state index < -0.39 is 18.0 Å². The van der Waals surface area contributed by atoms with Gasteiger partial charge in [0.25, 0.3) is 0 Å². The number of aliphatic carboxylic acids is 2. The monoisotopic (exact) mass is 427 g/mol. The number of para-hydroxylation sites is 1. The van der Waals surface area contributed by atoms with Gasteiger partial charge in [0, 0.05) is 41.4 Å². The quantitative estimate of drug-likeness (QED) is 0.401. The van der Waals surface area contributed by atoms with Crippen molar-refractivity contribution in [3.8, 4) is 0 Å². The number of carboxylic acids is 2. The first-order valence-electron chi connectivity index (χ1n) is 9.09. The van der Waals surface area contributed by atoms with Crippen LogP contribution in [-0.4, -0.2) is 55.7 Å². The average molecular weight is 427 g/mol. The molecule has 0 bridgehead atoms. The predicted molar refractivity (Wildman–Crippen MR) is 110 cm³/mol. The summed E-state index contributed by atoms with van der Waals surface area (Å²) in [7, 11) is 1.32. The molecule has 2 heterocycles. The Labute approximate surface area is 176 Å². The van der Waals surface area contributed by atoms with Crippen LogP contribution in [0.4, 0.5) is 4.79 Å². The standard InChI is InChI=1S/C17H17N3O3.C4H4O4/c1-11-14(19-10-18-11)7-8-16(21)13-9-20(17(22)23-2)15-6-4-3-5-12(13)15;5-3(6)1-2-4(7)8/h3-6,9-10H,7-8H2,1-2H3,(H,18,19);1-2H,(H,5,6)(H,7,8)/b;2-1-. The Balaban J connectivity index is 0.000000366. The number of fused-ring (bicyclic) bond motifs is 1. The largest absolute Gasteiger partial charge is 0.478 e. The molecule has 0 radical (unpaired) electrons. The number of aromatic amines is 1. The Kier molecular flexibility index (Phi) is 7.84. The summed E-state index contributed by atoms with van der Waals surface area (Å²) in [4.78, 5) is 50.8. The van der Waals surface area contributed by atoms with Gasteiger partial charge in [0.2, 0.25) is 0 Å². The molecule has 0 amide bonds. The number of hydrogen-bond donors (Lipinski definition) is 3. The van der Waals surface area contributed by atoms with Gasteiger partial charge in [0.05, 0.1) is 24.6 Å². The SMILES string of the molecule is COC(=O)n1cc(C(=O)CCc2nc[nH]c2C)c2ccccc21.O=C(O)/C=C\C(=O)O. The lowest BCUT2D eigenvalue weighted by Gasteiger charge is -2.00. The van der Waals surface area contributed by atoms with Crippen molar-refractivity contribution < 1.29 is 34.1 Å². The Morgan fingerprint density at radius 2 is 1.77 bits per heavy atom. The Morgan fingerprint density at radius 1 is 1.13 bits per heavy atom. The molecule has 162 valence electrons. The summed E-state index contributed by atoms with van der Waals surface area (Å²) in [5, 5.41) is 16.4. The van der Waals surface area contributed by atoms with E-state index in [0.717, 1.165) is 16.8 Å². The molecule has 31 heavy (non-hydrogen) atoms. The van der Waals surface area contributed by atoms with Crippen molar-refractivity contribution in [3.63, 3.8) is 0 Å². The molecular weight excluding hydrogens is 406 g/mol. The maximum absolute atomic E-state index is 12.6. The number of aryl methyl sites for hydroxylation is 2. The summed E-state index contributed by atoms with van der Waals surface area (Å²) in [6.45, 7) is 1.93. The molecule has 10 heteroatoms. The molecule has 10 nitrogen and oxygen atoms in total. The summed E-state index contributed by atoms with van der Waals surface area (Å²) in [6, 6.07) is 7.30. The summed E-state index contributed by atoms with van der Waals surface area (Å²) >= 11 is 0. The normalized spacial score (nSPS) is 10.5. The zero-order valence-electron chi connectivity index (χ0n) is 16.9. The lowest BCUT2D eigenvalue weighted by atomic mass is 10.0. The van der Waals surface area contributed by atoms with Gasteiger partial charge in [-0.25, -0.2) is 19.4 Å². The molecule has 0 fully saturated rings. The van der Waals surface area contributed by atoms with E-state index in [1.54, 1.807) is 18.6 Å². The minimum absolute atomic E-state index is 0.0220.